The lowest BCUT2D eigenvalue weighted by molar-refractivity contribution is -0.133. The minimum atomic E-state index is -0.406. The number of aromatic nitrogens is 1. The maximum atomic E-state index is 13.2. The second-order valence-electron chi connectivity index (χ2n) is 7.17. The van der Waals surface area contributed by atoms with Crippen molar-refractivity contribution >= 4 is 11.8 Å². The first-order chi connectivity index (χ1) is 14.5. The van der Waals surface area contributed by atoms with Crippen molar-refractivity contribution < 1.29 is 18.4 Å². The molecule has 3 aromatic rings. The molecule has 2 amide bonds. The first kappa shape index (κ1) is 21.4. The zero-order valence-corrected chi connectivity index (χ0v) is 17.3. The van der Waals surface area contributed by atoms with E-state index in [2.05, 4.69) is 0 Å². The molecule has 30 heavy (non-hydrogen) atoms. The van der Waals surface area contributed by atoms with E-state index >= 15 is 0 Å². The van der Waals surface area contributed by atoms with Crippen LogP contribution in [-0.4, -0.2) is 39.3 Å². The van der Waals surface area contributed by atoms with Crippen molar-refractivity contribution in [3.63, 3.8) is 0 Å². The summed E-state index contributed by atoms with van der Waals surface area (Å²) in [5, 5.41) is 0. The van der Waals surface area contributed by atoms with E-state index in [1.165, 1.54) is 29.2 Å². The fourth-order valence-corrected chi connectivity index (χ4v) is 3.24. The molecule has 0 aliphatic rings. The van der Waals surface area contributed by atoms with Gasteiger partial charge in [-0.15, -0.1) is 0 Å². The Balaban J connectivity index is 1.77. The molecule has 0 aliphatic carbocycles. The third-order valence-electron chi connectivity index (χ3n) is 4.88. The highest BCUT2D eigenvalue weighted by atomic mass is 19.1. The van der Waals surface area contributed by atoms with Gasteiger partial charge in [-0.3, -0.25) is 9.59 Å². The molecule has 0 N–H and O–H groups in total. The number of rotatable bonds is 9. The molecule has 0 atom stereocenters. The molecule has 0 fully saturated rings. The van der Waals surface area contributed by atoms with E-state index in [4.69, 9.17) is 4.42 Å². The fourth-order valence-electron chi connectivity index (χ4n) is 3.24. The Bertz CT molecular complexity index is 964. The normalized spacial score (nSPS) is 10.8. The molecule has 3 rings (SSSR count). The largest absolute Gasteiger partial charge is 0.467 e. The molecular formula is C23H26FN3O3. The van der Waals surface area contributed by atoms with Crippen LogP contribution < -0.4 is 0 Å². The van der Waals surface area contributed by atoms with Gasteiger partial charge in [0, 0.05) is 31.0 Å². The van der Waals surface area contributed by atoms with Crippen LogP contribution in [0.4, 0.5) is 4.39 Å². The summed E-state index contributed by atoms with van der Waals surface area (Å²) in [5.41, 5.74) is 1.33. The molecule has 0 radical (unpaired) electrons. The Hall–Kier alpha value is -3.35. The van der Waals surface area contributed by atoms with Crippen molar-refractivity contribution in [2.24, 2.45) is 7.05 Å². The van der Waals surface area contributed by atoms with Crippen molar-refractivity contribution in [1.29, 1.82) is 0 Å². The second kappa shape index (κ2) is 9.91. The smallest absolute Gasteiger partial charge is 0.254 e. The van der Waals surface area contributed by atoms with Crippen LogP contribution in [0.15, 0.2) is 65.4 Å². The molecule has 7 heteroatoms. The Kier molecular flexibility index (Phi) is 7.06. The zero-order valence-electron chi connectivity index (χ0n) is 17.3. The van der Waals surface area contributed by atoms with Gasteiger partial charge in [0.2, 0.25) is 5.91 Å². The van der Waals surface area contributed by atoms with Crippen molar-refractivity contribution in [1.82, 2.24) is 14.4 Å². The van der Waals surface area contributed by atoms with Crippen LogP contribution in [-0.2, 0) is 24.9 Å². The number of hydrogen-bond donors (Lipinski definition) is 0. The van der Waals surface area contributed by atoms with Crippen molar-refractivity contribution in [2.45, 2.75) is 26.4 Å². The highest BCUT2D eigenvalue weighted by molar-refractivity contribution is 5.96. The first-order valence-corrected chi connectivity index (χ1v) is 9.93. The van der Waals surface area contributed by atoms with E-state index in [0.717, 1.165) is 5.69 Å². The summed E-state index contributed by atoms with van der Waals surface area (Å²) in [6.07, 6.45) is 4.20. The molecule has 0 bridgehead atoms. The van der Waals surface area contributed by atoms with Crippen LogP contribution in [0.25, 0.3) is 0 Å². The zero-order chi connectivity index (χ0) is 21.5. The number of halogens is 1. The summed E-state index contributed by atoms with van der Waals surface area (Å²) in [4.78, 5) is 29.3. The lowest BCUT2D eigenvalue weighted by Crippen LogP contribution is -2.43. The van der Waals surface area contributed by atoms with Crippen LogP contribution in [0.3, 0.4) is 0 Å². The number of carbonyl (C=O) groups excluding carboxylic acids is 2. The molecule has 0 spiro atoms. The maximum absolute atomic E-state index is 13.2. The number of furan rings is 1. The molecule has 1 aromatic carbocycles. The van der Waals surface area contributed by atoms with E-state index < -0.39 is 5.82 Å². The summed E-state index contributed by atoms with van der Waals surface area (Å²) in [6.45, 7) is 3.02. The van der Waals surface area contributed by atoms with Crippen LogP contribution in [0, 0.1) is 5.82 Å². The minimum Gasteiger partial charge on any atom is -0.467 e. The van der Waals surface area contributed by atoms with Crippen LogP contribution in [0.2, 0.25) is 0 Å². The summed E-state index contributed by atoms with van der Waals surface area (Å²) in [6, 6.07) is 12.9. The number of aryl methyl sites for hydroxylation is 1. The molecule has 6 nitrogen and oxygen atoms in total. The predicted molar refractivity (Wildman–Crippen MR) is 111 cm³/mol. The summed E-state index contributed by atoms with van der Waals surface area (Å²) >= 11 is 0. The van der Waals surface area contributed by atoms with Gasteiger partial charge < -0.3 is 18.8 Å². The topological polar surface area (TPSA) is 58.7 Å². The van der Waals surface area contributed by atoms with Gasteiger partial charge in [-0.2, -0.15) is 0 Å². The number of nitrogens with zero attached hydrogens (tertiary/aromatic N) is 3. The average Bonchev–Trinajstić information content (AvgIpc) is 3.39. The minimum absolute atomic E-state index is 0.0603. The van der Waals surface area contributed by atoms with Gasteiger partial charge in [-0.05, 0) is 55.0 Å². The predicted octanol–water partition coefficient (Wildman–Crippen LogP) is 3.84. The highest BCUT2D eigenvalue weighted by Gasteiger charge is 2.23. The van der Waals surface area contributed by atoms with E-state index in [0.29, 0.717) is 37.4 Å². The van der Waals surface area contributed by atoms with Crippen LogP contribution >= 0.6 is 0 Å². The van der Waals surface area contributed by atoms with Gasteiger partial charge in [0.25, 0.3) is 5.91 Å². The standard InChI is InChI=1S/C23H26FN3O3/c1-3-12-26(23(29)18-8-10-19(24)11-9-18)17-22(28)27(16-21-7-5-14-30-21)15-20-6-4-13-25(20)2/h4-11,13-14H,3,12,15-17H2,1-2H3. The second-order valence-corrected chi connectivity index (χ2v) is 7.17. The highest BCUT2D eigenvalue weighted by Crippen LogP contribution is 2.13. The SMILES string of the molecule is CCCN(CC(=O)N(Cc1ccco1)Cc1cccn1C)C(=O)c1ccc(F)cc1. The quantitative estimate of drug-likeness (QED) is 0.538. The first-order valence-electron chi connectivity index (χ1n) is 9.93. The van der Waals surface area contributed by atoms with Crippen LogP contribution in [0.1, 0.15) is 35.2 Å². The average molecular weight is 411 g/mol. The van der Waals surface area contributed by atoms with Gasteiger partial charge in [0.1, 0.15) is 18.1 Å². The molecular weight excluding hydrogens is 385 g/mol. The molecule has 158 valence electrons. The molecule has 0 aliphatic heterocycles. The number of hydrogen-bond acceptors (Lipinski definition) is 3. The molecule has 0 saturated heterocycles. The molecule has 2 aromatic heterocycles. The van der Waals surface area contributed by atoms with Crippen molar-refractivity contribution in [2.75, 3.05) is 13.1 Å². The Labute approximate surface area is 175 Å². The molecule has 0 unspecified atom stereocenters. The molecule has 2 heterocycles. The Morgan fingerprint density at radius 2 is 1.80 bits per heavy atom. The number of amides is 2. The summed E-state index contributed by atoms with van der Waals surface area (Å²) < 4.78 is 20.6. The van der Waals surface area contributed by atoms with Gasteiger partial charge in [0.15, 0.2) is 0 Å². The summed E-state index contributed by atoms with van der Waals surface area (Å²) in [5.74, 6) is -0.208. The fraction of sp³-hybridized carbons (Fsp3) is 0.304. The van der Waals surface area contributed by atoms with E-state index in [1.54, 1.807) is 17.2 Å². The third-order valence-corrected chi connectivity index (χ3v) is 4.88. The maximum Gasteiger partial charge on any atom is 0.254 e. The van der Waals surface area contributed by atoms with Gasteiger partial charge in [-0.25, -0.2) is 4.39 Å². The summed E-state index contributed by atoms with van der Waals surface area (Å²) in [7, 11) is 1.92. The lowest BCUT2D eigenvalue weighted by Gasteiger charge is -2.27. The lowest BCUT2D eigenvalue weighted by atomic mass is 10.2. The van der Waals surface area contributed by atoms with Crippen molar-refractivity contribution in [3.05, 3.63) is 83.8 Å². The Morgan fingerprint density at radius 3 is 2.40 bits per heavy atom. The monoisotopic (exact) mass is 411 g/mol. The third kappa shape index (κ3) is 5.37. The Morgan fingerprint density at radius 1 is 1.03 bits per heavy atom. The van der Waals surface area contributed by atoms with E-state index in [-0.39, 0.29) is 18.4 Å². The van der Waals surface area contributed by atoms with Crippen LogP contribution in [0.5, 0.6) is 0 Å². The van der Waals surface area contributed by atoms with Gasteiger partial charge in [0.05, 0.1) is 19.4 Å². The molecule has 0 saturated carbocycles. The van der Waals surface area contributed by atoms with Gasteiger partial charge in [-0.1, -0.05) is 6.92 Å². The number of benzene rings is 1. The number of carbonyl (C=O) groups is 2. The van der Waals surface area contributed by atoms with Crippen molar-refractivity contribution in [3.8, 4) is 0 Å². The van der Waals surface area contributed by atoms with E-state index in [9.17, 15) is 14.0 Å². The van der Waals surface area contributed by atoms with E-state index in [1.807, 2.05) is 42.9 Å². The van der Waals surface area contributed by atoms with Gasteiger partial charge >= 0.3 is 0 Å².